The number of unbranched alkanes of at least 4 members (excludes halogenated alkanes) is 4. The molecule has 1 aromatic rings. The first-order valence-electron chi connectivity index (χ1n) is 8.21. The molecule has 0 radical (unpaired) electrons. The molecule has 0 amide bonds. The second-order valence-corrected chi connectivity index (χ2v) is 6.37. The van der Waals surface area contributed by atoms with Crippen LogP contribution >= 0.6 is 11.6 Å². The van der Waals surface area contributed by atoms with Crippen LogP contribution in [0.3, 0.4) is 0 Å². The Hall–Kier alpha value is -1.16. The predicted molar refractivity (Wildman–Crippen MR) is 89.1 cm³/mol. The number of halogens is 1. The number of hydrogen-bond acceptors (Lipinski definition) is 4. The monoisotopic (exact) mass is 326 g/mol. The van der Waals surface area contributed by atoms with E-state index in [4.69, 9.17) is 16.3 Å². The number of carbonyl (C=O) groups is 1. The third-order valence-electron chi connectivity index (χ3n) is 3.79. The highest BCUT2D eigenvalue weighted by Crippen LogP contribution is 2.27. The second kappa shape index (κ2) is 9.78. The van der Waals surface area contributed by atoms with Gasteiger partial charge in [0.2, 0.25) is 0 Å². The summed E-state index contributed by atoms with van der Waals surface area (Å²) in [5, 5.41) is 0.269. The van der Waals surface area contributed by atoms with Crippen molar-refractivity contribution >= 4 is 17.6 Å². The Labute approximate surface area is 138 Å². The lowest BCUT2D eigenvalue weighted by Gasteiger charge is -2.29. The third kappa shape index (κ3) is 6.73. The molecule has 0 atom stereocenters. The van der Waals surface area contributed by atoms with Gasteiger partial charge in [-0.25, -0.2) is 14.8 Å². The van der Waals surface area contributed by atoms with Crippen molar-refractivity contribution in [2.24, 2.45) is 0 Å². The van der Waals surface area contributed by atoms with Crippen molar-refractivity contribution in [3.05, 3.63) is 23.2 Å². The number of nitrogens with zero attached hydrogens (tertiary/aromatic N) is 2. The molecule has 0 N–H and O–H groups in total. The Morgan fingerprint density at radius 2 is 1.68 bits per heavy atom. The summed E-state index contributed by atoms with van der Waals surface area (Å²) < 4.78 is 5.77. The number of rotatable bonds is 10. The molecule has 1 aromatic heterocycles. The van der Waals surface area contributed by atoms with Gasteiger partial charge in [0.15, 0.2) is 5.69 Å². The molecule has 0 aliphatic heterocycles. The number of ether oxygens (including phenoxy) is 1. The average Bonchev–Trinajstić information content (AvgIpc) is 2.48. The van der Waals surface area contributed by atoms with Crippen LogP contribution in [0.4, 0.5) is 0 Å². The van der Waals surface area contributed by atoms with E-state index in [9.17, 15) is 4.79 Å². The summed E-state index contributed by atoms with van der Waals surface area (Å²) >= 11 is 5.69. The first-order chi connectivity index (χ1) is 10.5. The average molecular weight is 327 g/mol. The highest BCUT2D eigenvalue weighted by Gasteiger charge is 2.29. The van der Waals surface area contributed by atoms with Crippen LogP contribution in [0.25, 0.3) is 0 Å². The van der Waals surface area contributed by atoms with Gasteiger partial charge < -0.3 is 4.74 Å². The Morgan fingerprint density at radius 1 is 1.09 bits per heavy atom. The van der Waals surface area contributed by atoms with Crippen molar-refractivity contribution in [2.75, 3.05) is 0 Å². The Bertz CT molecular complexity index is 438. The minimum Gasteiger partial charge on any atom is -0.455 e. The SMILES string of the molecule is CCCCCC(C)(CCCCC)OC(=O)c1cnc(Cl)cn1. The molecule has 0 aliphatic carbocycles. The maximum atomic E-state index is 12.3. The van der Waals surface area contributed by atoms with Gasteiger partial charge in [0, 0.05) is 0 Å². The van der Waals surface area contributed by atoms with Crippen LogP contribution in [-0.4, -0.2) is 21.5 Å². The summed E-state index contributed by atoms with van der Waals surface area (Å²) in [7, 11) is 0. The van der Waals surface area contributed by atoms with Crippen LogP contribution in [0, 0.1) is 0 Å². The van der Waals surface area contributed by atoms with Gasteiger partial charge in [-0.15, -0.1) is 0 Å². The van der Waals surface area contributed by atoms with Gasteiger partial charge in [-0.1, -0.05) is 51.1 Å². The molecule has 0 unspecified atom stereocenters. The predicted octanol–water partition coefficient (Wildman–Crippen LogP) is 5.21. The van der Waals surface area contributed by atoms with E-state index in [1.165, 1.54) is 12.4 Å². The molecule has 0 aromatic carbocycles. The van der Waals surface area contributed by atoms with Crippen LogP contribution in [0.5, 0.6) is 0 Å². The maximum Gasteiger partial charge on any atom is 0.359 e. The van der Waals surface area contributed by atoms with E-state index in [0.29, 0.717) is 0 Å². The van der Waals surface area contributed by atoms with Crippen LogP contribution < -0.4 is 0 Å². The van der Waals surface area contributed by atoms with E-state index < -0.39 is 11.6 Å². The fourth-order valence-corrected chi connectivity index (χ4v) is 2.52. The van der Waals surface area contributed by atoms with Gasteiger partial charge in [-0.3, -0.25) is 0 Å². The van der Waals surface area contributed by atoms with Crippen molar-refractivity contribution in [1.29, 1.82) is 0 Å². The first kappa shape index (κ1) is 18.9. The van der Waals surface area contributed by atoms with E-state index in [2.05, 4.69) is 23.8 Å². The molecule has 0 fully saturated rings. The van der Waals surface area contributed by atoms with Gasteiger partial charge in [0.1, 0.15) is 10.8 Å². The van der Waals surface area contributed by atoms with E-state index in [1.807, 2.05) is 6.92 Å². The lowest BCUT2D eigenvalue weighted by molar-refractivity contribution is -0.0204. The van der Waals surface area contributed by atoms with E-state index in [1.54, 1.807) is 0 Å². The lowest BCUT2D eigenvalue weighted by atomic mass is 9.91. The molecule has 0 spiro atoms. The number of hydrogen-bond donors (Lipinski definition) is 0. The summed E-state index contributed by atoms with van der Waals surface area (Å²) in [5.74, 6) is -0.417. The Kier molecular flexibility index (Phi) is 8.39. The summed E-state index contributed by atoms with van der Waals surface area (Å²) in [6.07, 6.45) is 11.3. The minimum atomic E-state index is -0.428. The summed E-state index contributed by atoms with van der Waals surface area (Å²) in [6.45, 7) is 6.37. The normalized spacial score (nSPS) is 11.5. The Balaban J connectivity index is 2.68. The molecular weight excluding hydrogens is 300 g/mol. The molecule has 1 rings (SSSR count). The molecule has 4 nitrogen and oxygen atoms in total. The zero-order chi connectivity index (χ0) is 16.4. The quantitative estimate of drug-likeness (QED) is 0.437. The Morgan fingerprint density at radius 3 is 2.14 bits per heavy atom. The lowest BCUT2D eigenvalue weighted by Crippen LogP contribution is -2.32. The van der Waals surface area contributed by atoms with Gasteiger partial charge >= 0.3 is 5.97 Å². The molecule has 5 heteroatoms. The van der Waals surface area contributed by atoms with E-state index in [0.717, 1.165) is 51.4 Å². The van der Waals surface area contributed by atoms with Gasteiger partial charge in [0.05, 0.1) is 12.4 Å². The largest absolute Gasteiger partial charge is 0.455 e. The van der Waals surface area contributed by atoms with Gasteiger partial charge in [-0.05, 0) is 32.6 Å². The molecule has 0 aliphatic rings. The van der Waals surface area contributed by atoms with Crippen molar-refractivity contribution in [3.63, 3.8) is 0 Å². The standard InChI is InChI=1S/C17H27ClN2O2/c1-4-6-8-10-17(3,11-9-7-5-2)22-16(21)14-12-20-15(18)13-19-14/h12-13H,4-11H2,1-3H3. The molecule has 0 saturated carbocycles. The van der Waals surface area contributed by atoms with Crippen molar-refractivity contribution in [2.45, 2.75) is 77.7 Å². The molecule has 1 heterocycles. The molecule has 124 valence electrons. The van der Waals surface area contributed by atoms with Crippen molar-refractivity contribution < 1.29 is 9.53 Å². The summed E-state index contributed by atoms with van der Waals surface area (Å²) in [4.78, 5) is 20.1. The first-order valence-corrected chi connectivity index (χ1v) is 8.59. The molecule has 0 bridgehead atoms. The van der Waals surface area contributed by atoms with Gasteiger partial charge in [0.25, 0.3) is 0 Å². The van der Waals surface area contributed by atoms with E-state index >= 15 is 0 Å². The zero-order valence-corrected chi connectivity index (χ0v) is 14.7. The van der Waals surface area contributed by atoms with Crippen LogP contribution in [-0.2, 0) is 4.74 Å². The minimum absolute atomic E-state index is 0.210. The number of carbonyl (C=O) groups excluding carboxylic acids is 1. The molecule has 22 heavy (non-hydrogen) atoms. The van der Waals surface area contributed by atoms with Crippen molar-refractivity contribution in [1.82, 2.24) is 9.97 Å². The fourth-order valence-electron chi connectivity index (χ4n) is 2.42. The maximum absolute atomic E-state index is 12.3. The topological polar surface area (TPSA) is 52.1 Å². The summed E-state index contributed by atoms with van der Waals surface area (Å²) in [5.41, 5.74) is -0.218. The highest BCUT2D eigenvalue weighted by atomic mass is 35.5. The zero-order valence-electron chi connectivity index (χ0n) is 13.9. The molecular formula is C17H27ClN2O2. The third-order valence-corrected chi connectivity index (χ3v) is 3.98. The molecule has 0 saturated heterocycles. The second-order valence-electron chi connectivity index (χ2n) is 5.98. The smallest absolute Gasteiger partial charge is 0.359 e. The highest BCUT2D eigenvalue weighted by molar-refractivity contribution is 6.29. The van der Waals surface area contributed by atoms with Crippen LogP contribution in [0.15, 0.2) is 12.4 Å². The van der Waals surface area contributed by atoms with E-state index in [-0.39, 0.29) is 10.8 Å². The number of aromatic nitrogens is 2. The number of esters is 1. The van der Waals surface area contributed by atoms with Gasteiger partial charge in [-0.2, -0.15) is 0 Å². The fraction of sp³-hybridized carbons (Fsp3) is 0.706. The van der Waals surface area contributed by atoms with Crippen molar-refractivity contribution in [3.8, 4) is 0 Å². The summed E-state index contributed by atoms with van der Waals surface area (Å²) in [6, 6.07) is 0. The van der Waals surface area contributed by atoms with Crippen LogP contribution in [0.1, 0.15) is 82.6 Å². The van der Waals surface area contributed by atoms with Crippen LogP contribution in [0.2, 0.25) is 5.15 Å².